The van der Waals surface area contributed by atoms with Crippen molar-refractivity contribution in [3.05, 3.63) is 34.3 Å². The molecule has 0 amide bonds. The molecule has 0 saturated carbocycles. The Balaban J connectivity index is 2.05. The molecule has 6 heteroatoms. The van der Waals surface area contributed by atoms with E-state index in [4.69, 9.17) is 16.3 Å². The van der Waals surface area contributed by atoms with Gasteiger partial charge in [-0.3, -0.25) is 0 Å². The second-order valence-electron chi connectivity index (χ2n) is 3.05. The molecule has 0 aliphatic heterocycles. The van der Waals surface area contributed by atoms with Gasteiger partial charge in [-0.15, -0.1) is 5.10 Å². The lowest BCUT2D eigenvalue weighted by Crippen LogP contribution is -2.04. The molecule has 1 aromatic carbocycles. The minimum absolute atomic E-state index is 0.535. The molecule has 0 aliphatic rings. The minimum atomic E-state index is 0.535. The van der Waals surface area contributed by atoms with Gasteiger partial charge in [-0.2, -0.15) is 0 Å². The summed E-state index contributed by atoms with van der Waals surface area (Å²) in [5, 5.41) is 13.0. The topological polar surface area (TPSA) is 47.0 Å². The van der Waals surface area contributed by atoms with Crippen molar-refractivity contribution in [2.24, 2.45) is 0 Å². The van der Waals surface area contributed by atoms with E-state index in [9.17, 15) is 0 Å². The van der Waals surface area contributed by atoms with Gasteiger partial charge in [0.2, 0.25) is 0 Å². The number of hydrogen-bond acceptors (Lipinski definition) is 5. The van der Waals surface area contributed by atoms with Gasteiger partial charge in [0.15, 0.2) is 0 Å². The Morgan fingerprint density at radius 1 is 1.31 bits per heavy atom. The van der Waals surface area contributed by atoms with Crippen molar-refractivity contribution in [3.63, 3.8) is 0 Å². The molecule has 0 unspecified atom stereocenters. The van der Waals surface area contributed by atoms with Crippen molar-refractivity contribution in [1.82, 2.24) is 15.5 Å². The molecule has 1 heterocycles. The maximum atomic E-state index is 5.77. The SMILES string of the molecule is CNCc1nnc(Oc2ccc(Cl)cc2)s1. The summed E-state index contributed by atoms with van der Waals surface area (Å²) in [7, 11) is 1.86. The van der Waals surface area contributed by atoms with Crippen LogP contribution in [0.2, 0.25) is 5.02 Å². The monoisotopic (exact) mass is 255 g/mol. The highest BCUT2D eigenvalue weighted by molar-refractivity contribution is 7.13. The van der Waals surface area contributed by atoms with E-state index in [1.54, 1.807) is 24.3 Å². The smallest absolute Gasteiger partial charge is 0.299 e. The molecule has 0 aliphatic carbocycles. The van der Waals surface area contributed by atoms with Gasteiger partial charge in [0.05, 0.1) is 0 Å². The van der Waals surface area contributed by atoms with E-state index in [1.807, 2.05) is 7.05 Å². The number of nitrogens with one attached hydrogen (secondary N) is 1. The number of nitrogens with zero attached hydrogens (tertiary/aromatic N) is 2. The zero-order valence-electron chi connectivity index (χ0n) is 8.61. The minimum Gasteiger partial charge on any atom is -0.430 e. The third-order valence-electron chi connectivity index (χ3n) is 1.80. The molecule has 0 radical (unpaired) electrons. The van der Waals surface area contributed by atoms with Gasteiger partial charge in [-0.1, -0.05) is 28.0 Å². The lowest BCUT2D eigenvalue weighted by atomic mass is 10.3. The van der Waals surface area contributed by atoms with Gasteiger partial charge >= 0.3 is 0 Å². The van der Waals surface area contributed by atoms with Crippen LogP contribution in [0, 0.1) is 0 Å². The van der Waals surface area contributed by atoms with Gasteiger partial charge in [0, 0.05) is 11.6 Å². The predicted molar refractivity (Wildman–Crippen MR) is 64.2 cm³/mol. The van der Waals surface area contributed by atoms with Gasteiger partial charge in [-0.25, -0.2) is 0 Å². The van der Waals surface area contributed by atoms with E-state index in [0.29, 0.717) is 22.5 Å². The molecule has 0 bridgehead atoms. The van der Waals surface area contributed by atoms with E-state index in [1.165, 1.54) is 11.3 Å². The molecular weight excluding hydrogens is 246 g/mol. The molecule has 0 atom stereocenters. The molecule has 84 valence electrons. The first kappa shape index (κ1) is 11.3. The van der Waals surface area contributed by atoms with Crippen LogP contribution in [-0.4, -0.2) is 17.2 Å². The van der Waals surface area contributed by atoms with Crippen LogP contribution >= 0.6 is 22.9 Å². The first-order chi connectivity index (χ1) is 7.78. The number of benzene rings is 1. The fourth-order valence-corrected chi connectivity index (χ4v) is 1.95. The van der Waals surface area contributed by atoms with Gasteiger partial charge in [0.25, 0.3) is 5.19 Å². The fourth-order valence-electron chi connectivity index (χ4n) is 1.11. The summed E-state index contributed by atoms with van der Waals surface area (Å²) in [6.07, 6.45) is 0. The number of rotatable bonds is 4. The summed E-state index contributed by atoms with van der Waals surface area (Å²) < 4.78 is 5.52. The normalized spacial score (nSPS) is 10.4. The predicted octanol–water partition coefficient (Wildman–Crippen LogP) is 2.70. The van der Waals surface area contributed by atoms with Crippen LogP contribution in [0.4, 0.5) is 0 Å². The summed E-state index contributed by atoms with van der Waals surface area (Å²) in [5.41, 5.74) is 0. The number of halogens is 1. The molecule has 16 heavy (non-hydrogen) atoms. The van der Waals surface area contributed by atoms with Crippen molar-refractivity contribution in [2.45, 2.75) is 6.54 Å². The Hall–Kier alpha value is -1.17. The lowest BCUT2D eigenvalue weighted by molar-refractivity contribution is 0.473. The second-order valence-corrected chi connectivity index (χ2v) is 4.51. The molecule has 1 aromatic heterocycles. The molecular formula is C10H10ClN3OS. The maximum absolute atomic E-state index is 5.77. The summed E-state index contributed by atoms with van der Waals surface area (Å²) in [6.45, 7) is 0.696. The summed E-state index contributed by atoms with van der Waals surface area (Å²) in [6, 6.07) is 7.13. The van der Waals surface area contributed by atoms with Crippen LogP contribution in [0.1, 0.15) is 5.01 Å². The molecule has 0 fully saturated rings. The van der Waals surface area contributed by atoms with Crippen LogP contribution in [0.25, 0.3) is 0 Å². The van der Waals surface area contributed by atoms with Crippen molar-refractivity contribution < 1.29 is 4.74 Å². The van der Waals surface area contributed by atoms with Crippen LogP contribution in [-0.2, 0) is 6.54 Å². The average molecular weight is 256 g/mol. The van der Waals surface area contributed by atoms with Crippen LogP contribution in [0.5, 0.6) is 10.9 Å². The van der Waals surface area contributed by atoms with Crippen molar-refractivity contribution in [3.8, 4) is 10.9 Å². The zero-order chi connectivity index (χ0) is 11.4. The Morgan fingerprint density at radius 2 is 2.06 bits per heavy atom. The first-order valence-electron chi connectivity index (χ1n) is 4.68. The quantitative estimate of drug-likeness (QED) is 0.913. The first-order valence-corrected chi connectivity index (χ1v) is 5.88. The molecule has 2 aromatic rings. The molecule has 0 spiro atoms. The molecule has 2 rings (SSSR count). The summed E-state index contributed by atoms with van der Waals surface area (Å²) in [5.74, 6) is 0.705. The number of hydrogen-bond donors (Lipinski definition) is 1. The van der Waals surface area contributed by atoms with Crippen LogP contribution < -0.4 is 10.1 Å². The number of ether oxygens (including phenoxy) is 1. The Labute approximate surface area is 102 Å². The van der Waals surface area contributed by atoms with Gasteiger partial charge in [0.1, 0.15) is 10.8 Å². The highest BCUT2D eigenvalue weighted by atomic mass is 35.5. The Kier molecular flexibility index (Phi) is 3.71. The van der Waals surface area contributed by atoms with E-state index in [2.05, 4.69) is 15.5 Å². The molecule has 4 nitrogen and oxygen atoms in total. The van der Waals surface area contributed by atoms with E-state index in [0.717, 1.165) is 5.01 Å². The molecule has 1 N–H and O–H groups in total. The van der Waals surface area contributed by atoms with Crippen LogP contribution in [0.3, 0.4) is 0 Å². The van der Waals surface area contributed by atoms with Crippen LogP contribution in [0.15, 0.2) is 24.3 Å². The van der Waals surface area contributed by atoms with E-state index in [-0.39, 0.29) is 0 Å². The summed E-state index contributed by atoms with van der Waals surface area (Å²) in [4.78, 5) is 0. The average Bonchev–Trinajstić information content (AvgIpc) is 2.70. The second kappa shape index (κ2) is 5.25. The Bertz CT molecular complexity index is 457. The standard InChI is InChI=1S/C10H10ClN3OS/c1-12-6-9-13-14-10(16-9)15-8-4-2-7(11)3-5-8/h2-5,12H,6H2,1H3. The van der Waals surface area contributed by atoms with E-state index < -0.39 is 0 Å². The third kappa shape index (κ3) is 2.91. The highest BCUT2D eigenvalue weighted by Crippen LogP contribution is 2.25. The van der Waals surface area contributed by atoms with Gasteiger partial charge in [-0.05, 0) is 31.3 Å². The fraction of sp³-hybridized carbons (Fsp3) is 0.200. The maximum Gasteiger partial charge on any atom is 0.299 e. The zero-order valence-corrected chi connectivity index (χ0v) is 10.2. The van der Waals surface area contributed by atoms with Gasteiger partial charge < -0.3 is 10.1 Å². The van der Waals surface area contributed by atoms with Crippen molar-refractivity contribution >= 4 is 22.9 Å². The third-order valence-corrected chi connectivity index (χ3v) is 2.85. The molecule has 0 saturated heterocycles. The summed E-state index contributed by atoms with van der Waals surface area (Å²) >= 11 is 7.19. The van der Waals surface area contributed by atoms with Crippen molar-refractivity contribution in [1.29, 1.82) is 0 Å². The number of aromatic nitrogens is 2. The Morgan fingerprint density at radius 3 is 2.75 bits per heavy atom. The van der Waals surface area contributed by atoms with Crippen molar-refractivity contribution in [2.75, 3.05) is 7.05 Å². The lowest BCUT2D eigenvalue weighted by Gasteiger charge is -1.99. The van der Waals surface area contributed by atoms with E-state index >= 15 is 0 Å². The largest absolute Gasteiger partial charge is 0.430 e. The highest BCUT2D eigenvalue weighted by Gasteiger charge is 2.05.